The molecular formula is C13H22ClN5O2. The molecule has 0 spiro atoms. The van der Waals surface area contributed by atoms with E-state index in [0.29, 0.717) is 13.1 Å². The van der Waals surface area contributed by atoms with Gasteiger partial charge >= 0.3 is 0 Å². The number of carbonyl (C=O) groups excluding carboxylic acids is 2. The summed E-state index contributed by atoms with van der Waals surface area (Å²) in [6.07, 6.45) is 3.44. The average molecular weight is 316 g/mol. The van der Waals surface area contributed by atoms with Crippen LogP contribution < -0.4 is 10.6 Å². The zero-order chi connectivity index (χ0) is 14.9. The zero-order valence-electron chi connectivity index (χ0n) is 12.5. The molecule has 7 nitrogen and oxygen atoms in total. The van der Waals surface area contributed by atoms with E-state index in [4.69, 9.17) is 5.73 Å². The van der Waals surface area contributed by atoms with E-state index < -0.39 is 0 Å². The highest BCUT2D eigenvalue weighted by Gasteiger charge is 2.31. The standard InChI is InChI=1S/C13H21N5O2.ClH/c1-9(10(2)14)13(20)17-4-5-18(12(19)8-17)11-6-15-16(3)7-11;/h6-7,9-10H,4-5,8,14H2,1-3H3;1H. The Morgan fingerprint density at radius 2 is 2.05 bits per heavy atom. The minimum Gasteiger partial charge on any atom is -0.331 e. The number of aryl methyl sites for hydroxylation is 1. The molecule has 2 heterocycles. The Bertz CT molecular complexity index is 516. The van der Waals surface area contributed by atoms with Crippen molar-refractivity contribution >= 4 is 29.9 Å². The Labute approximate surface area is 130 Å². The second kappa shape index (κ2) is 6.91. The van der Waals surface area contributed by atoms with E-state index in [2.05, 4.69) is 5.10 Å². The highest BCUT2D eigenvalue weighted by Crippen LogP contribution is 2.17. The summed E-state index contributed by atoms with van der Waals surface area (Å²) in [5.74, 6) is -0.415. The van der Waals surface area contributed by atoms with Crippen LogP contribution in [0.1, 0.15) is 13.8 Å². The number of nitrogens with two attached hydrogens (primary N) is 1. The molecule has 0 bridgehead atoms. The normalized spacial score (nSPS) is 18.2. The van der Waals surface area contributed by atoms with Crippen molar-refractivity contribution in [2.45, 2.75) is 19.9 Å². The van der Waals surface area contributed by atoms with Crippen molar-refractivity contribution in [3.63, 3.8) is 0 Å². The van der Waals surface area contributed by atoms with Gasteiger partial charge in [-0.1, -0.05) is 6.92 Å². The van der Waals surface area contributed by atoms with E-state index in [1.165, 1.54) is 0 Å². The Balaban J connectivity index is 0.00000220. The molecule has 1 fully saturated rings. The molecule has 0 aromatic carbocycles. The van der Waals surface area contributed by atoms with Crippen LogP contribution in [0.2, 0.25) is 0 Å². The van der Waals surface area contributed by atoms with Crippen molar-refractivity contribution in [3.05, 3.63) is 12.4 Å². The maximum absolute atomic E-state index is 12.2. The highest BCUT2D eigenvalue weighted by atomic mass is 35.5. The molecule has 1 aliphatic heterocycles. The second-order valence-electron chi connectivity index (χ2n) is 5.33. The first-order valence-electron chi connectivity index (χ1n) is 6.73. The average Bonchev–Trinajstić information content (AvgIpc) is 2.83. The van der Waals surface area contributed by atoms with Crippen LogP contribution in [0.5, 0.6) is 0 Å². The maximum Gasteiger partial charge on any atom is 0.246 e. The van der Waals surface area contributed by atoms with Crippen LogP contribution in [-0.2, 0) is 16.6 Å². The first kappa shape index (κ1) is 17.5. The van der Waals surface area contributed by atoms with Crippen molar-refractivity contribution < 1.29 is 9.59 Å². The Kier molecular flexibility index (Phi) is 5.74. The summed E-state index contributed by atoms with van der Waals surface area (Å²) >= 11 is 0. The van der Waals surface area contributed by atoms with Gasteiger partial charge in [0.2, 0.25) is 11.8 Å². The van der Waals surface area contributed by atoms with Crippen molar-refractivity contribution in [1.29, 1.82) is 0 Å². The van der Waals surface area contributed by atoms with Crippen molar-refractivity contribution in [2.24, 2.45) is 18.7 Å². The van der Waals surface area contributed by atoms with Gasteiger partial charge in [0.15, 0.2) is 0 Å². The summed E-state index contributed by atoms with van der Waals surface area (Å²) in [7, 11) is 1.80. The smallest absolute Gasteiger partial charge is 0.246 e. The number of hydrogen-bond donors (Lipinski definition) is 1. The molecule has 2 N–H and O–H groups in total. The van der Waals surface area contributed by atoms with E-state index in [9.17, 15) is 9.59 Å². The third-order valence-corrected chi connectivity index (χ3v) is 3.71. The number of aromatic nitrogens is 2. The quantitative estimate of drug-likeness (QED) is 0.851. The predicted octanol–water partition coefficient (Wildman–Crippen LogP) is 0.000400. The molecule has 21 heavy (non-hydrogen) atoms. The van der Waals surface area contributed by atoms with Gasteiger partial charge in [-0.15, -0.1) is 12.4 Å². The van der Waals surface area contributed by atoms with Crippen LogP contribution in [0, 0.1) is 5.92 Å². The third kappa shape index (κ3) is 3.74. The summed E-state index contributed by atoms with van der Waals surface area (Å²) in [5, 5.41) is 4.06. The molecule has 1 aromatic rings. The SMILES string of the molecule is CC(N)C(C)C(=O)N1CCN(c2cnn(C)c2)C(=O)C1.Cl. The van der Waals surface area contributed by atoms with Crippen molar-refractivity contribution in [1.82, 2.24) is 14.7 Å². The molecule has 1 saturated heterocycles. The molecule has 0 aliphatic carbocycles. The van der Waals surface area contributed by atoms with Gasteiger partial charge in [-0.25, -0.2) is 0 Å². The number of rotatable bonds is 3. The fourth-order valence-electron chi connectivity index (χ4n) is 2.19. The first-order chi connectivity index (χ1) is 9.40. The van der Waals surface area contributed by atoms with Gasteiger partial charge in [0.25, 0.3) is 0 Å². The Morgan fingerprint density at radius 1 is 1.38 bits per heavy atom. The van der Waals surface area contributed by atoms with Gasteiger partial charge in [-0.05, 0) is 6.92 Å². The molecule has 2 atom stereocenters. The lowest BCUT2D eigenvalue weighted by molar-refractivity contribution is -0.140. The lowest BCUT2D eigenvalue weighted by Gasteiger charge is -2.35. The largest absolute Gasteiger partial charge is 0.331 e. The predicted molar refractivity (Wildman–Crippen MR) is 82.2 cm³/mol. The lowest BCUT2D eigenvalue weighted by Crippen LogP contribution is -2.54. The van der Waals surface area contributed by atoms with Gasteiger partial charge in [0.05, 0.1) is 17.8 Å². The van der Waals surface area contributed by atoms with E-state index in [-0.39, 0.29) is 42.7 Å². The van der Waals surface area contributed by atoms with Crippen LogP contribution in [0.3, 0.4) is 0 Å². The monoisotopic (exact) mass is 315 g/mol. The van der Waals surface area contributed by atoms with Crippen LogP contribution in [0.15, 0.2) is 12.4 Å². The number of halogens is 1. The van der Waals surface area contributed by atoms with E-state index in [1.807, 2.05) is 0 Å². The molecule has 0 saturated carbocycles. The Hall–Kier alpha value is -1.60. The summed E-state index contributed by atoms with van der Waals surface area (Å²) < 4.78 is 1.65. The maximum atomic E-state index is 12.2. The fraction of sp³-hybridized carbons (Fsp3) is 0.615. The van der Waals surface area contributed by atoms with Gasteiger partial charge in [0.1, 0.15) is 6.54 Å². The number of amides is 2. The minimum absolute atomic E-state index is 0. The minimum atomic E-state index is -0.271. The topological polar surface area (TPSA) is 84.5 Å². The van der Waals surface area contributed by atoms with E-state index in [0.717, 1.165) is 5.69 Å². The summed E-state index contributed by atoms with van der Waals surface area (Å²) in [6, 6.07) is -0.214. The number of nitrogens with zero attached hydrogens (tertiary/aromatic N) is 4. The third-order valence-electron chi connectivity index (χ3n) is 3.71. The van der Waals surface area contributed by atoms with Crippen LogP contribution in [-0.4, -0.2) is 52.2 Å². The van der Waals surface area contributed by atoms with Crippen LogP contribution >= 0.6 is 12.4 Å². The Morgan fingerprint density at radius 3 is 2.52 bits per heavy atom. The number of piperazine rings is 1. The second-order valence-corrected chi connectivity index (χ2v) is 5.33. The molecule has 8 heteroatoms. The molecule has 118 valence electrons. The number of anilines is 1. The molecule has 1 aliphatic rings. The molecule has 0 radical (unpaired) electrons. The van der Waals surface area contributed by atoms with E-state index >= 15 is 0 Å². The molecule has 2 amide bonds. The summed E-state index contributed by atoms with van der Waals surface area (Å²) in [5.41, 5.74) is 6.51. The molecule has 2 unspecified atom stereocenters. The fourth-order valence-corrected chi connectivity index (χ4v) is 2.19. The molecule has 1 aromatic heterocycles. The molecular weight excluding hydrogens is 294 g/mol. The highest BCUT2D eigenvalue weighted by molar-refractivity contribution is 5.98. The van der Waals surface area contributed by atoms with Crippen LogP contribution in [0.25, 0.3) is 0 Å². The summed E-state index contributed by atoms with van der Waals surface area (Å²) in [6.45, 7) is 4.71. The van der Waals surface area contributed by atoms with Gasteiger partial charge in [-0.3, -0.25) is 14.3 Å². The van der Waals surface area contributed by atoms with Crippen molar-refractivity contribution in [3.8, 4) is 0 Å². The van der Waals surface area contributed by atoms with E-state index in [1.54, 1.807) is 47.8 Å². The van der Waals surface area contributed by atoms with Gasteiger partial charge in [0, 0.05) is 32.4 Å². The number of carbonyl (C=O) groups is 2. The molecule has 2 rings (SSSR count). The number of hydrogen-bond acceptors (Lipinski definition) is 4. The lowest BCUT2D eigenvalue weighted by atomic mass is 10.0. The summed E-state index contributed by atoms with van der Waals surface area (Å²) in [4.78, 5) is 27.6. The van der Waals surface area contributed by atoms with Gasteiger partial charge in [-0.2, -0.15) is 5.10 Å². The first-order valence-corrected chi connectivity index (χ1v) is 6.73. The van der Waals surface area contributed by atoms with Crippen molar-refractivity contribution in [2.75, 3.05) is 24.5 Å². The zero-order valence-corrected chi connectivity index (χ0v) is 13.3. The van der Waals surface area contributed by atoms with Crippen LogP contribution in [0.4, 0.5) is 5.69 Å². The van der Waals surface area contributed by atoms with Gasteiger partial charge < -0.3 is 15.5 Å².